The molecule has 0 aliphatic carbocycles. The van der Waals surface area contributed by atoms with Crippen molar-refractivity contribution in [2.45, 2.75) is 26.3 Å². The number of amides is 4. The molecule has 158 valence electrons. The third-order valence-electron chi connectivity index (χ3n) is 5.01. The third-order valence-corrected chi connectivity index (χ3v) is 5.01. The second kappa shape index (κ2) is 9.87. The van der Waals surface area contributed by atoms with Crippen LogP contribution >= 0.6 is 0 Å². The molecule has 1 aliphatic heterocycles. The summed E-state index contributed by atoms with van der Waals surface area (Å²) in [5.74, 6) is -0.776. The molecule has 1 aliphatic rings. The van der Waals surface area contributed by atoms with E-state index in [1.54, 1.807) is 37.3 Å². The lowest BCUT2D eigenvalue weighted by atomic mass is 10.1. The van der Waals surface area contributed by atoms with Gasteiger partial charge in [0.05, 0.1) is 6.54 Å². The standard InChI is InChI=1S/C22H25FN4O3/c1-15-18(21(29)27-11-2-3-12-27)5-4-6-19(15)26-20(28)14-25-22(30)24-13-16-7-9-17(23)10-8-16/h4-10H,2-3,11-14H2,1H3,(H,26,28)(H2,24,25,30). The molecule has 0 saturated carbocycles. The molecule has 8 heteroatoms. The minimum atomic E-state index is -0.510. The highest BCUT2D eigenvalue weighted by atomic mass is 19.1. The summed E-state index contributed by atoms with van der Waals surface area (Å²) >= 11 is 0. The minimum absolute atomic E-state index is 0.0283. The average molecular weight is 412 g/mol. The van der Waals surface area contributed by atoms with E-state index in [1.165, 1.54) is 12.1 Å². The normalized spacial score (nSPS) is 13.1. The summed E-state index contributed by atoms with van der Waals surface area (Å²) in [4.78, 5) is 38.6. The largest absolute Gasteiger partial charge is 0.339 e. The van der Waals surface area contributed by atoms with Gasteiger partial charge < -0.3 is 20.9 Å². The summed E-state index contributed by atoms with van der Waals surface area (Å²) in [6.45, 7) is 3.30. The van der Waals surface area contributed by atoms with Gasteiger partial charge in [-0.25, -0.2) is 9.18 Å². The Kier molecular flexibility index (Phi) is 7.00. The van der Waals surface area contributed by atoms with E-state index in [4.69, 9.17) is 0 Å². The summed E-state index contributed by atoms with van der Waals surface area (Å²) in [6.07, 6.45) is 2.02. The van der Waals surface area contributed by atoms with Gasteiger partial charge in [0.2, 0.25) is 5.91 Å². The molecule has 0 radical (unpaired) electrons. The van der Waals surface area contributed by atoms with Crippen LogP contribution in [0.15, 0.2) is 42.5 Å². The zero-order chi connectivity index (χ0) is 21.5. The van der Waals surface area contributed by atoms with Crippen molar-refractivity contribution < 1.29 is 18.8 Å². The lowest BCUT2D eigenvalue weighted by Gasteiger charge is -2.18. The summed E-state index contributed by atoms with van der Waals surface area (Å²) in [5.41, 5.74) is 2.55. The van der Waals surface area contributed by atoms with Gasteiger partial charge >= 0.3 is 6.03 Å². The summed E-state index contributed by atoms with van der Waals surface area (Å²) < 4.78 is 12.9. The van der Waals surface area contributed by atoms with Crippen LogP contribution in [0.5, 0.6) is 0 Å². The van der Waals surface area contributed by atoms with Crippen molar-refractivity contribution in [3.8, 4) is 0 Å². The van der Waals surface area contributed by atoms with Gasteiger partial charge in [-0.05, 0) is 55.2 Å². The molecule has 2 aromatic carbocycles. The Balaban J connectivity index is 1.49. The first kappa shape index (κ1) is 21.3. The van der Waals surface area contributed by atoms with Gasteiger partial charge in [0.25, 0.3) is 5.91 Å². The summed E-state index contributed by atoms with van der Waals surface area (Å²) in [7, 11) is 0. The van der Waals surface area contributed by atoms with Crippen molar-refractivity contribution in [3.05, 3.63) is 65.0 Å². The maximum Gasteiger partial charge on any atom is 0.315 e. The highest BCUT2D eigenvalue weighted by Crippen LogP contribution is 2.22. The Morgan fingerprint density at radius 1 is 1.00 bits per heavy atom. The maximum absolute atomic E-state index is 12.9. The first-order valence-corrected chi connectivity index (χ1v) is 9.89. The average Bonchev–Trinajstić information content (AvgIpc) is 3.28. The number of hydrogen-bond acceptors (Lipinski definition) is 3. The number of likely N-dealkylation sites (tertiary alicyclic amines) is 1. The molecule has 4 amide bonds. The Labute approximate surface area is 174 Å². The number of benzene rings is 2. The summed E-state index contributed by atoms with van der Waals surface area (Å²) in [6, 6.07) is 10.5. The van der Waals surface area contributed by atoms with Crippen LogP contribution in [0.3, 0.4) is 0 Å². The fourth-order valence-electron chi connectivity index (χ4n) is 3.30. The molecule has 30 heavy (non-hydrogen) atoms. The van der Waals surface area contributed by atoms with Crippen molar-refractivity contribution in [2.75, 3.05) is 25.0 Å². The quantitative estimate of drug-likeness (QED) is 0.682. The highest BCUT2D eigenvalue weighted by Gasteiger charge is 2.22. The molecule has 0 unspecified atom stereocenters. The molecule has 0 bridgehead atoms. The number of carbonyl (C=O) groups excluding carboxylic acids is 3. The summed E-state index contributed by atoms with van der Waals surface area (Å²) in [5, 5.41) is 7.81. The number of anilines is 1. The molecule has 2 aromatic rings. The van der Waals surface area contributed by atoms with E-state index in [1.807, 2.05) is 4.90 Å². The van der Waals surface area contributed by atoms with Crippen molar-refractivity contribution in [1.82, 2.24) is 15.5 Å². The van der Waals surface area contributed by atoms with E-state index in [9.17, 15) is 18.8 Å². The predicted molar refractivity (Wildman–Crippen MR) is 112 cm³/mol. The topological polar surface area (TPSA) is 90.5 Å². The zero-order valence-corrected chi connectivity index (χ0v) is 16.8. The van der Waals surface area contributed by atoms with Gasteiger partial charge in [-0.1, -0.05) is 18.2 Å². The van der Waals surface area contributed by atoms with Crippen molar-refractivity contribution in [2.24, 2.45) is 0 Å². The molecule has 0 atom stereocenters. The smallest absolute Gasteiger partial charge is 0.315 e. The number of rotatable bonds is 6. The Morgan fingerprint density at radius 3 is 2.40 bits per heavy atom. The van der Waals surface area contributed by atoms with E-state index >= 15 is 0 Å². The lowest BCUT2D eigenvalue weighted by Crippen LogP contribution is -2.39. The van der Waals surface area contributed by atoms with Crippen LogP contribution in [0.4, 0.5) is 14.9 Å². The molecule has 1 saturated heterocycles. The van der Waals surface area contributed by atoms with Gasteiger partial charge in [-0.3, -0.25) is 9.59 Å². The van der Waals surface area contributed by atoms with Gasteiger partial charge in [0.15, 0.2) is 0 Å². The number of nitrogens with zero attached hydrogens (tertiary/aromatic N) is 1. The van der Waals surface area contributed by atoms with Crippen LogP contribution in [0, 0.1) is 12.7 Å². The molecule has 3 N–H and O–H groups in total. The predicted octanol–water partition coefficient (Wildman–Crippen LogP) is 2.81. The maximum atomic E-state index is 12.9. The third kappa shape index (κ3) is 5.56. The van der Waals surface area contributed by atoms with E-state index in [0.29, 0.717) is 16.8 Å². The zero-order valence-electron chi connectivity index (χ0n) is 16.8. The van der Waals surface area contributed by atoms with Crippen molar-refractivity contribution in [3.63, 3.8) is 0 Å². The Morgan fingerprint density at radius 2 is 1.70 bits per heavy atom. The fourth-order valence-corrected chi connectivity index (χ4v) is 3.30. The monoisotopic (exact) mass is 412 g/mol. The highest BCUT2D eigenvalue weighted by molar-refractivity contribution is 6.00. The molecule has 0 spiro atoms. The van der Waals surface area contributed by atoms with Crippen LogP contribution in [0.1, 0.15) is 34.3 Å². The minimum Gasteiger partial charge on any atom is -0.339 e. The van der Waals surface area contributed by atoms with E-state index in [-0.39, 0.29) is 24.8 Å². The van der Waals surface area contributed by atoms with Crippen LogP contribution in [0.2, 0.25) is 0 Å². The molecular weight excluding hydrogens is 387 g/mol. The van der Waals surface area contributed by atoms with Gasteiger partial charge in [0, 0.05) is 30.9 Å². The number of halogens is 1. The Hall–Kier alpha value is -3.42. The fraction of sp³-hybridized carbons (Fsp3) is 0.318. The molecule has 1 fully saturated rings. The SMILES string of the molecule is Cc1c(NC(=O)CNC(=O)NCc2ccc(F)cc2)cccc1C(=O)N1CCCC1. The molecule has 1 heterocycles. The first-order valence-electron chi connectivity index (χ1n) is 9.89. The lowest BCUT2D eigenvalue weighted by molar-refractivity contribution is -0.115. The number of carbonyl (C=O) groups is 3. The number of urea groups is 1. The van der Waals surface area contributed by atoms with Crippen LogP contribution in [-0.2, 0) is 11.3 Å². The Bertz CT molecular complexity index is 924. The molecule has 7 nitrogen and oxygen atoms in total. The molecule has 0 aromatic heterocycles. The van der Waals surface area contributed by atoms with Crippen molar-refractivity contribution >= 4 is 23.5 Å². The van der Waals surface area contributed by atoms with E-state index in [2.05, 4.69) is 16.0 Å². The van der Waals surface area contributed by atoms with Crippen LogP contribution in [0.25, 0.3) is 0 Å². The van der Waals surface area contributed by atoms with Gasteiger partial charge in [-0.15, -0.1) is 0 Å². The number of hydrogen-bond donors (Lipinski definition) is 3. The van der Waals surface area contributed by atoms with Crippen LogP contribution < -0.4 is 16.0 Å². The molecular formula is C22H25FN4O3. The second-order valence-electron chi connectivity index (χ2n) is 7.19. The van der Waals surface area contributed by atoms with Gasteiger partial charge in [-0.2, -0.15) is 0 Å². The van der Waals surface area contributed by atoms with Gasteiger partial charge in [0.1, 0.15) is 5.82 Å². The van der Waals surface area contributed by atoms with Crippen LogP contribution in [-0.4, -0.2) is 42.4 Å². The van der Waals surface area contributed by atoms with E-state index < -0.39 is 11.9 Å². The second-order valence-corrected chi connectivity index (χ2v) is 7.19. The van der Waals surface area contributed by atoms with E-state index in [0.717, 1.165) is 31.5 Å². The number of nitrogens with one attached hydrogen (secondary N) is 3. The first-order chi connectivity index (χ1) is 14.4. The van der Waals surface area contributed by atoms with Crippen molar-refractivity contribution in [1.29, 1.82) is 0 Å². The molecule has 3 rings (SSSR count).